The number of ether oxygens (including phenoxy) is 2. The van der Waals surface area contributed by atoms with Crippen molar-refractivity contribution in [1.29, 1.82) is 0 Å². The maximum atomic E-state index is 11.3. The lowest BCUT2D eigenvalue weighted by Crippen LogP contribution is -2.50. The number of methoxy groups -OCH3 is 2. The molecule has 16 heavy (non-hydrogen) atoms. The first-order valence-corrected chi connectivity index (χ1v) is 4.29. The first-order chi connectivity index (χ1) is 7.65. The fourth-order valence-electron chi connectivity index (χ4n) is 1.32. The van der Waals surface area contributed by atoms with Crippen LogP contribution in [0.5, 0.6) is 11.5 Å². The topological polar surface area (TPSA) is 98.1 Å². The summed E-state index contributed by atoms with van der Waals surface area (Å²) in [5.41, 5.74) is 0.308. The minimum absolute atomic E-state index is 0.0543. The summed E-state index contributed by atoms with van der Waals surface area (Å²) in [5.74, 6) is 0.751. The lowest BCUT2D eigenvalue weighted by atomic mass is 10.2. The van der Waals surface area contributed by atoms with Gasteiger partial charge in [-0.1, -0.05) is 0 Å². The highest BCUT2D eigenvalue weighted by atomic mass is 16.6. The number of benzene rings is 1. The summed E-state index contributed by atoms with van der Waals surface area (Å²) in [6.45, 7) is 0. The summed E-state index contributed by atoms with van der Waals surface area (Å²) in [7, 11) is 2.89. The zero-order valence-corrected chi connectivity index (χ0v) is 8.58. The zero-order valence-electron chi connectivity index (χ0n) is 8.58. The molecular formula is C8H8N4O4. The van der Waals surface area contributed by atoms with Gasteiger partial charge in [-0.2, -0.15) is 0 Å². The van der Waals surface area contributed by atoms with Gasteiger partial charge in [-0.05, 0) is 0 Å². The average Bonchev–Trinajstić information content (AvgIpc) is 2.27. The van der Waals surface area contributed by atoms with E-state index in [2.05, 4.69) is 10.3 Å². The zero-order chi connectivity index (χ0) is 11.7. The van der Waals surface area contributed by atoms with E-state index in [0.29, 0.717) is 11.5 Å². The maximum Gasteiger partial charge on any atom is 0.326 e. The second kappa shape index (κ2) is 3.65. The number of nitrogens with zero attached hydrogens (tertiary/aromatic N) is 4. The fourth-order valence-corrected chi connectivity index (χ4v) is 1.32. The molecule has 0 amide bonds. The van der Waals surface area contributed by atoms with Crippen LogP contribution in [0.4, 0.5) is 0 Å². The summed E-state index contributed by atoms with van der Waals surface area (Å²) in [4.78, 5) is 0.124. The first kappa shape index (κ1) is 10.1. The molecule has 0 N–H and O–H groups in total. The van der Waals surface area contributed by atoms with Crippen molar-refractivity contribution in [3.8, 4) is 11.5 Å². The van der Waals surface area contributed by atoms with E-state index in [-0.39, 0.29) is 20.8 Å². The standard InChI is InChI=1S/C8H8N4O4/c1-15-7-3-5-6(4-8(7)16-2)11(13)10-12(14)9-5/h3-4H,1-2H3. The molecule has 2 rings (SSSR count). The Morgan fingerprint density at radius 3 is 2.38 bits per heavy atom. The molecule has 0 aliphatic heterocycles. The lowest BCUT2D eigenvalue weighted by Gasteiger charge is -2.06. The van der Waals surface area contributed by atoms with Gasteiger partial charge in [0.25, 0.3) is 5.52 Å². The van der Waals surface area contributed by atoms with Crippen molar-refractivity contribution in [3.63, 3.8) is 0 Å². The Morgan fingerprint density at radius 1 is 1.12 bits per heavy atom. The molecule has 0 atom stereocenters. The Morgan fingerprint density at radius 2 is 1.75 bits per heavy atom. The molecule has 2 aromatic rings. The molecule has 0 spiro atoms. The summed E-state index contributed by atoms with van der Waals surface area (Å²) < 4.78 is 10.0. The van der Waals surface area contributed by atoms with Gasteiger partial charge >= 0.3 is 5.21 Å². The van der Waals surface area contributed by atoms with Crippen LogP contribution in [0, 0.1) is 10.4 Å². The molecule has 0 aliphatic carbocycles. The summed E-state index contributed by atoms with van der Waals surface area (Å²) in [5, 5.41) is 28.7. The normalized spacial score (nSPS) is 10.4. The van der Waals surface area contributed by atoms with E-state index in [4.69, 9.17) is 9.47 Å². The highest BCUT2D eigenvalue weighted by Crippen LogP contribution is 2.29. The van der Waals surface area contributed by atoms with Crippen molar-refractivity contribution < 1.29 is 19.3 Å². The summed E-state index contributed by atoms with van der Waals surface area (Å²) in [6.07, 6.45) is 0. The predicted molar refractivity (Wildman–Crippen MR) is 50.6 cm³/mol. The third-order valence-corrected chi connectivity index (χ3v) is 2.04. The molecule has 84 valence electrons. The molecule has 1 heterocycles. The molecule has 0 saturated heterocycles. The number of hydrogen-bond donors (Lipinski definition) is 0. The van der Waals surface area contributed by atoms with E-state index >= 15 is 0 Å². The van der Waals surface area contributed by atoms with Crippen molar-refractivity contribution in [2.45, 2.75) is 0 Å². The highest BCUT2D eigenvalue weighted by molar-refractivity contribution is 5.75. The second-order valence-corrected chi connectivity index (χ2v) is 2.91. The molecule has 0 unspecified atom stereocenters. The molecule has 0 saturated carbocycles. The van der Waals surface area contributed by atoms with Crippen LogP contribution in [0.15, 0.2) is 12.1 Å². The minimum atomic E-state index is -0.0543. The van der Waals surface area contributed by atoms with Gasteiger partial charge in [-0.3, -0.25) is 0 Å². The van der Waals surface area contributed by atoms with E-state index in [1.54, 1.807) is 0 Å². The lowest BCUT2D eigenvalue weighted by molar-refractivity contribution is -0.863. The van der Waals surface area contributed by atoms with Crippen molar-refractivity contribution in [3.05, 3.63) is 22.5 Å². The number of aromatic nitrogens is 4. The maximum absolute atomic E-state index is 11.3. The molecule has 8 nitrogen and oxygen atoms in total. The Bertz CT molecular complexity index is 545. The van der Waals surface area contributed by atoms with Crippen LogP contribution in [0.3, 0.4) is 0 Å². The van der Waals surface area contributed by atoms with Crippen LogP contribution in [0.2, 0.25) is 0 Å². The largest absolute Gasteiger partial charge is 0.590 e. The van der Waals surface area contributed by atoms with Gasteiger partial charge in [-0.15, -0.1) is 0 Å². The Hall–Kier alpha value is -2.38. The van der Waals surface area contributed by atoms with Gasteiger partial charge in [0.15, 0.2) is 11.5 Å². The van der Waals surface area contributed by atoms with Gasteiger partial charge in [0, 0.05) is 10.9 Å². The smallest absolute Gasteiger partial charge is 0.326 e. The fraction of sp³-hybridized carbons (Fsp3) is 0.250. The molecule has 0 radical (unpaired) electrons. The second-order valence-electron chi connectivity index (χ2n) is 2.91. The molecule has 0 fully saturated rings. The molecule has 0 aliphatic rings. The van der Waals surface area contributed by atoms with Gasteiger partial charge in [0.2, 0.25) is 5.52 Å². The summed E-state index contributed by atoms with van der Waals surface area (Å²) in [6, 6.07) is 2.83. The predicted octanol–water partition coefficient (Wildman–Crippen LogP) is -1.09. The quantitative estimate of drug-likeness (QED) is 0.475. The minimum Gasteiger partial charge on any atom is -0.590 e. The number of fused-ring (bicyclic) bond motifs is 1. The van der Waals surface area contributed by atoms with Crippen LogP contribution in [0.25, 0.3) is 11.0 Å². The van der Waals surface area contributed by atoms with Crippen LogP contribution in [-0.4, -0.2) is 24.5 Å². The Balaban J connectivity index is 2.78. The van der Waals surface area contributed by atoms with Crippen LogP contribution >= 0.6 is 0 Å². The van der Waals surface area contributed by atoms with E-state index in [0.717, 1.165) is 0 Å². The van der Waals surface area contributed by atoms with E-state index in [1.165, 1.54) is 26.4 Å². The monoisotopic (exact) mass is 224 g/mol. The van der Waals surface area contributed by atoms with Crippen LogP contribution in [-0.2, 0) is 0 Å². The van der Waals surface area contributed by atoms with Crippen molar-refractivity contribution in [2.75, 3.05) is 14.2 Å². The van der Waals surface area contributed by atoms with E-state index < -0.39 is 0 Å². The van der Waals surface area contributed by atoms with E-state index in [9.17, 15) is 10.4 Å². The molecule has 8 heteroatoms. The van der Waals surface area contributed by atoms with Gasteiger partial charge in [-0.25, -0.2) is 0 Å². The third kappa shape index (κ3) is 1.49. The van der Waals surface area contributed by atoms with Gasteiger partial charge in [0.1, 0.15) is 4.96 Å². The third-order valence-electron chi connectivity index (χ3n) is 2.04. The van der Waals surface area contributed by atoms with Gasteiger partial charge in [0.05, 0.1) is 25.4 Å². The van der Waals surface area contributed by atoms with Gasteiger partial charge < -0.3 is 19.9 Å². The molecule has 0 bridgehead atoms. The summed E-state index contributed by atoms with van der Waals surface area (Å²) >= 11 is 0. The van der Waals surface area contributed by atoms with Crippen LogP contribution in [0.1, 0.15) is 0 Å². The van der Waals surface area contributed by atoms with Crippen molar-refractivity contribution >= 4 is 11.0 Å². The molecule has 1 aromatic heterocycles. The van der Waals surface area contributed by atoms with Crippen LogP contribution < -0.4 is 19.3 Å². The molecule has 1 aromatic carbocycles. The molecular weight excluding hydrogens is 216 g/mol. The Kier molecular flexibility index (Phi) is 2.31. The number of rotatable bonds is 2. The number of hydrogen-bond acceptors (Lipinski definition) is 6. The highest BCUT2D eigenvalue weighted by Gasteiger charge is 2.18. The SMILES string of the molecule is COc1cc2n[n+]([O-])n[n+]([O-])c2cc1OC. The Labute approximate surface area is 89.8 Å². The van der Waals surface area contributed by atoms with Crippen molar-refractivity contribution in [1.82, 2.24) is 10.3 Å². The average molecular weight is 224 g/mol. The first-order valence-electron chi connectivity index (χ1n) is 4.29. The van der Waals surface area contributed by atoms with E-state index in [1.807, 2.05) is 0 Å². The van der Waals surface area contributed by atoms with Crippen molar-refractivity contribution in [2.24, 2.45) is 0 Å².